The van der Waals surface area contributed by atoms with Crippen LogP contribution in [0.1, 0.15) is 31.5 Å². The second-order valence-corrected chi connectivity index (χ2v) is 5.33. The molecular formula is C15H26N4. The Bertz CT molecular complexity index is 372. The van der Waals surface area contributed by atoms with E-state index in [1.807, 2.05) is 13.2 Å². The molecule has 19 heavy (non-hydrogen) atoms. The van der Waals surface area contributed by atoms with Crippen molar-refractivity contribution in [3.63, 3.8) is 0 Å². The molecule has 0 radical (unpaired) electrons. The van der Waals surface area contributed by atoms with Gasteiger partial charge in [0.15, 0.2) is 0 Å². The first-order valence-corrected chi connectivity index (χ1v) is 7.31. The Hall–Kier alpha value is -1.13. The molecule has 1 aliphatic heterocycles. The van der Waals surface area contributed by atoms with Crippen LogP contribution >= 0.6 is 0 Å². The van der Waals surface area contributed by atoms with Crippen LogP contribution in [0.2, 0.25) is 0 Å². The largest absolute Gasteiger partial charge is 0.369 e. The summed E-state index contributed by atoms with van der Waals surface area (Å²) in [5.74, 6) is 0. The standard InChI is InChI=1S/C15H26N4/c1-4-14(16-2)15-7-6-13(12-17-15)19-9-5-8-18(3)10-11-19/h6-7,12,14,16H,4-5,8-11H2,1-3H3. The van der Waals surface area contributed by atoms with E-state index in [-0.39, 0.29) is 0 Å². The minimum absolute atomic E-state index is 0.365. The zero-order valence-electron chi connectivity index (χ0n) is 12.4. The lowest BCUT2D eigenvalue weighted by atomic mass is 10.1. The van der Waals surface area contributed by atoms with Crippen LogP contribution in [0, 0.1) is 0 Å². The first-order valence-electron chi connectivity index (χ1n) is 7.31. The monoisotopic (exact) mass is 262 g/mol. The van der Waals surface area contributed by atoms with Gasteiger partial charge in [-0.15, -0.1) is 0 Å². The molecular weight excluding hydrogens is 236 g/mol. The molecule has 1 aromatic heterocycles. The fraction of sp³-hybridized carbons (Fsp3) is 0.667. The van der Waals surface area contributed by atoms with E-state index in [0.29, 0.717) is 6.04 Å². The van der Waals surface area contributed by atoms with E-state index in [1.54, 1.807) is 0 Å². The van der Waals surface area contributed by atoms with Gasteiger partial charge in [0.1, 0.15) is 0 Å². The number of likely N-dealkylation sites (N-methyl/N-ethyl adjacent to an activating group) is 1. The van der Waals surface area contributed by atoms with Gasteiger partial charge in [0.05, 0.1) is 17.6 Å². The number of hydrogen-bond donors (Lipinski definition) is 1. The molecule has 1 N–H and O–H groups in total. The highest BCUT2D eigenvalue weighted by Gasteiger charge is 2.14. The molecule has 0 amide bonds. The van der Waals surface area contributed by atoms with Gasteiger partial charge in [-0.25, -0.2) is 0 Å². The molecule has 0 aliphatic carbocycles. The molecule has 4 heteroatoms. The average Bonchev–Trinajstić information content (AvgIpc) is 2.66. The third-order valence-electron chi connectivity index (χ3n) is 3.97. The Morgan fingerprint density at radius 2 is 2.11 bits per heavy atom. The molecule has 106 valence electrons. The van der Waals surface area contributed by atoms with Gasteiger partial charge in [-0.1, -0.05) is 6.92 Å². The number of rotatable bonds is 4. The summed E-state index contributed by atoms with van der Waals surface area (Å²) in [6, 6.07) is 4.74. The van der Waals surface area contributed by atoms with E-state index in [4.69, 9.17) is 0 Å². The fourth-order valence-corrected chi connectivity index (χ4v) is 2.66. The predicted octanol–water partition coefficient (Wildman–Crippen LogP) is 1.89. The van der Waals surface area contributed by atoms with Crippen LogP contribution in [0.5, 0.6) is 0 Å². The molecule has 2 rings (SSSR count). The topological polar surface area (TPSA) is 31.4 Å². The minimum Gasteiger partial charge on any atom is -0.369 e. The number of pyridine rings is 1. The van der Waals surface area contributed by atoms with Crippen molar-refractivity contribution in [1.82, 2.24) is 15.2 Å². The normalized spacial score (nSPS) is 19.2. The lowest BCUT2D eigenvalue weighted by Crippen LogP contribution is -2.28. The number of hydrogen-bond acceptors (Lipinski definition) is 4. The maximum absolute atomic E-state index is 4.63. The zero-order chi connectivity index (χ0) is 13.7. The summed E-state index contributed by atoms with van der Waals surface area (Å²) >= 11 is 0. The van der Waals surface area contributed by atoms with Crippen LogP contribution in [0.15, 0.2) is 18.3 Å². The maximum atomic E-state index is 4.63. The summed E-state index contributed by atoms with van der Waals surface area (Å²) in [5.41, 5.74) is 2.39. The van der Waals surface area contributed by atoms with E-state index in [0.717, 1.165) is 31.7 Å². The van der Waals surface area contributed by atoms with Crippen molar-refractivity contribution in [2.45, 2.75) is 25.8 Å². The molecule has 1 aliphatic rings. The minimum atomic E-state index is 0.365. The van der Waals surface area contributed by atoms with Crippen LogP contribution in [-0.2, 0) is 0 Å². The molecule has 0 aromatic carbocycles. The Morgan fingerprint density at radius 3 is 2.74 bits per heavy atom. The van der Waals surface area contributed by atoms with E-state index in [2.05, 4.69) is 46.2 Å². The number of aromatic nitrogens is 1. The highest BCUT2D eigenvalue weighted by molar-refractivity contribution is 5.45. The number of nitrogens with one attached hydrogen (secondary N) is 1. The molecule has 1 saturated heterocycles. The first kappa shape index (κ1) is 14.3. The molecule has 0 saturated carbocycles. The molecule has 4 nitrogen and oxygen atoms in total. The summed E-state index contributed by atoms with van der Waals surface area (Å²) in [6.45, 7) is 6.74. The Labute approximate surface area is 116 Å². The predicted molar refractivity (Wildman–Crippen MR) is 80.7 cm³/mol. The number of nitrogens with zero attached hydrogens (tertiary/aromatic N) is 3. The van der Waals surface area contributed by atoms with Crippen LogP contribution in [0.25, 0.3) is 0 Å². The average molecular weight is 262 g/mol. The third-order valence-corrected chi connectivity index (χ3v) is 3.97. The second kappa shape index (κ2) is 6.87. The van der Waals surface area contributed by atoms with Crippen molar-refractivity contribution in [3.05, 3.63) is 24.0 Å². The Morgan fingerprint density at radius 1 is 1.26 bits per heavy atom. The van der Waals surface area contributed by atoms with Gasteiger partial charge < -0.3 is 15.1 Å². The van der Waals surface area contributed by atoms with Gasteiger partial charge in [-0.2, -0.15) is 0 Å². The summed E-state index contributed by atoms with van der Waals surface area (Å²) in [6.07, 6.45) is 4.32. The molecule has 2 heterocycles. The van der Waals surface area contributed by atoms with Gasteiger partial charge in [0.25, 0.3) is 0 Å². The highest BCUT2D eigenvalue weighted by Crippen LogP contribution is 2.19. The maximum Gasteiger partial charge on any atom is 0.0574 e. The summed E-state index contributed by atoms with van der Waals surface area (Å²) in [4.78, 5) is 9.47. The highest BCUT2D eigenvalue weighted by atomic mass is 15.2. The van der Waals surface area contributed by atoms with Gasteiger partial charge in [-0.3, -0.25) is 4.98 Å². The molecule has 1 atom stereocenters. The molecule has 1 aromatic rings. The Kier molecular flexibility index (Phi) is 5.16. The van der Waals surface area contributed by atoms with Gasteiger partial charge >= 0.3 is 0 Å². The van der Waals surface area contributed by atoms with Crippen LogP contribution in [0.4, 0.5) is 5.69 Å². The van der Waals surface area contributed by atoms with Crippen LogP contribution in [-0.4, -0.2) is 50.2 Å². The lowest BCUT2D eigenvalue weighted by Gasteiger charge is -2.23. The van der Waals surface area contributed by atoms with E-state index in [1.165, 1.54) is 18.7 Å². The quantitative estimate of drug-likeness (QED) is 0.898. The summed E-state index contributed by atoms with van der Waals surface area (Å²) in [7, 11) is 4.19. The molecule has 1 fully saturated rings. The smallest absolute Gasteiger partial charge is 0.0574 e. The van der Waals surface area contributed by atoms with Crippen molar-refractivity contribution in [1.29, 1.82) is 0 Å². The van der Waals surface area contributed by atoms with Crippen molar-refractivity contribution in [2.24, 2.45) is 0 Å². The zero-order valence-corrected chi connectivity index (χ0v) is 12.4. The molecule has 0 bridgehead atoms. The lowest BCUT2D eigenvalue weighted by molar-refractivity contribution is 0.360. The third kappa shape index (κ3) is 3.67. The van der Waals surface area contributed by atoms with E-state index in [9.17, 15) is 0 Å². The summed E-state index contributed by atoms with van der Waals surface area (Å²) < 4.78 is 0. The summed E-state index contributed by atoms with van der Waals surface area (Å²) in [5, 5.41) is 3.30. The van der Waals surface area contributed by atoms with Crippen LogP contribution in [0.3, 0.4) is 0 Å². The van der Waals surface area contributed by atoms with E-state index < -0.39 is 0 Å². The molecule has 0 spiro atoms. The van der Waals surface area contributed by atoms with Gasteiger partial charge in [0, 0.05) is 25.7 Å². The van der Waals surface area contributed by atoms with Crippen molar-refractivity contribution in [2.75, 3.05) is 45.2 Å². The fourth-order valence-electron chi connectivity index (χ4n) is 2.66. The SMILES string of the molecule is CCC(NC)c1ccc(N2CCCN(C)CC2)cn1. The van der Waals surface area contributed by atoms with Crippen LogP contribution < -0.4 is 10.2 Å². The second-order valence-electron chi connectivity index (χ2n) is 5.33. The van der Waals surface area contributed by atoms with Crippen molar-refractivity contribution in [3.8, 4) is 0 Å². The van der Waals surface area contributed by atoms with Crippen molar-refractivity contribution >= 4 is 5.69 Å². The molecule has 1 unspecified atom stereocenters. The van der Waals surface area contributed by atoms with Crippen molar-refractivity contribution < 1.29 is 0 Å². The van der Waals surface area contributed by atoms with Gasteiger partial charge in [0.2, 0.25) is 0 Å². The van der Waals surface area contributed by atoms with Gasteiger partial charge in [-0.05, 0) is 45.6 Å². The first-order chi connectivity index (χ1) is 9.24. The van der Waals surface area contributed by atoms with E-state index >= 15 is 0 Å². The number of anilines is 1. The Balaban J connectivity index is 2.05.